The summed E-state index contributed by atoms with van der Waals surface area (Å²) in [6, 6.07) is 12.3. The zero-order chi connectivity index (χ0) is 24.6. The number of fused-ring (bicyclic) bond motifs is 1. The third kappa shape index (κ3) is 4.36. The molecule has 1 aliphatic rings. The van der Waals surface area contributed by atoms with E-state index < -0.39 is 5.82 Å². The number of likely N-dealkylation sites (N-methyl/N-ethyl adjacent to an activating group) is 1. The van der Waals surface area contributed by atoms with Crippen LogP contribution in [0.1, 0.15) is 5.69 Å². The Morgan fingerprint density at radius 1 is 1.06 bits per heavy atom. The van der Waals surface area contributed by atoms with Crippen LogP contribution in [-0.2, 0) is 0 Å². The third-order valence-electron chi connectivity index (χ3n) is 6.15. The first-order valence-electron chi connectivity index (χ1n) is 11.7. The summed E-state index contributed by atoms with van der Waals surface area (Å²) in [4.78, 5) is 16.8. The summed E-state index contributed by atoms with van der Waals surface area (Å²) in [5, 5.41) is 10.9. The number of anilines is 3. The highest BCUT2D eigenvalue weighted by atomic mass is 19.1. The maximum atomic E-state index is 15.2. The Morgan fingerprint density at radius 2 is 1.92 bits per heavy atom. The van der Waals surface area contributed by atoms with Crippen molar-refractivity contribution >= 4 is 28.5 Å². The molecule has 0 unspecified atom stereocenters. The smallest absolute Gasteiger partial charge is 0.230 e. The number of aromatic amines is 2. The van der Waals surface area contributed by atoms with Gasteiger partial charge in [0.25, 0.3) is 0 Å². The number of nitrogens with zero attached hydrogens (tertiary/aromatic N) is 5. The molecule has 10 nitrogen and oxygen atoms in total. The van der Waals surface area contributed by atoms with Crippen molar-refractivity contribution in [1.29, 1.82) is 0 Å². The number of nitrogens with one attached hydrogen (secondary N) is 3. The van der Waals surface area contributed by atoms with Crippen molar-refractivity contribution in [3.8, 4) is 23.1 Å². The second-order valence-electron chi connectivity index (χ2n) is 8.84. The number of halogens is 1. The van der Waals surface area contributed by atoms with Crippen LogP contribution in [0.25, 0.3) is 22.4 Å². The molecule has 1 aliphatic heterocycles. The molecule has 0 saturated carbocycles. The molecule has 36 heavy (non-hydrogen) atoms. The lowest BCUT2D eigenvalue weighted by Gasteiger charge is -2.32. The quantitative estimate of drug-likeness (QED) is 0.316. The van der Waals surface area contributed by atoms with E-state index in [1.807, 2.05) is 25.1 Å². The fourth-order valence-corrected chi connectivity index (χ4v) is 4.23. The zero-order valence-electron chi connectivity index (χ0n) is 19.9. The summed E-state index contributed by atoms with van der Waals surface area (Å²) in [7, 11) is 2.08. The fourth-order valence-electron chi connectivity index (χ4n) is 4.23. The third-order valence-corrected chi connectivity index (χ3v) is 6.15. The number of H-pyrrole nitrogens is 2. The molecule has 5 aromatic rings. The van der Waals surface area contributed by atoms with Crippen LogP contribution in [0.5, 0.6) is 11.6 Å². The number of rotatable bonds is 6. The monoisotopic (exact) mass is 488 g/mol. The molecule has 0 atom stereocenters. The average molecular weight is 489 g/mol. The van der Waals surface area contributed by atoms with Gasteiger partial charge in [-0.25, -0.2) is 4.39 Å². The van der Waals surface area contributed by atoms with Gasteiger partial charge in [-0.15, -0.1) is 0 Å². The van der Waals surface area contributed by atoms with Gasteiger partial charge in [0.15, 0.2) is 23.1 Å². The van der Waals surface area contributed by atoms with Crippen LogP contribution >= 0.6 is 0 Å². The molecule has 3 N–H and O–H groups in total. The molecule has 5 heterocycles. The predicted molar refractivity (Wildman–Crippen MR) is 134 cm³/mol. The minimum atomic E-state index is -0.443. The highest BCUT2D eigenvalue weighted by Gasteiger charge is 2.20. The second kappa shape index (κ2) is 9.00. The normalized spacial score (nSPS) is 14.5. The highest BCUT2D eigenvalue weighted by molar-refractivity contribution is 5.82. The zero-order valence-corrected chi connectivity index (χ0v) is 19.9. The Morgan fingerprint density at radius 3 is 2.72 bits per heavy atom. The van der Waals surface area contributed by atoms with Crippen LogP contribution < -0.4 is 15.0 Å². The topological polar surface area (TPSA) is 111 Å². The molecule has 1 fully saturated rings. The molecular weight excluding hydrogens is 463 g/mol. The molecule has 11 heteroatoms. The van der Waals surface area contributed by atoms with E-state index in [9.17, 15) is 0 Å². The van der Waals surface area contributed by atoms with E-state index in [-0.39, 0.29) is 11.6 Å². The number of furan rings is 1. The molecule has 4 aromatic heterocycles. The first-order chi connectivity index (χ1) is 17.5. The summed E-state index contributed by atoms with van der Waals surface area (Å²) in [5.41, 5.74) is 2.32. The number of piperazine rings is 1. The van der Waals surface area contributed by atoms with Crippen molar-refractivity contribution < 1.29 is 13.5 Å². The Hall–Kier alpha value is -4.38. The van der Waals surface area contributed by atoms with Crippen LogP contribution in [-0.4, -0.2) is 63.3 Å². The summed E-state index contributed by atoms with van der Waals surface area (Å²) in [6.45, 7) is 5.21. The van der Waals surface area contributed by atoms with Crippen LogP contribution in [0.3, 0.4) is 0 Å². The van der Waals surface area contributed by atoms with Gasteiger partial charge in [-0.05, 0) is 44.3 Å². The van der Waals surface area contributed by atoms with Gasteiger partial charge in [0.2, 0.25) is 11.8 Å². The summed E-state index contributed by atoms with van der Waals surface area (Å²) in [6.07, 6.45) is 1.60. The minimum absolute atomic E-state index is 0.0929. The molecule has 6 rings (SSSR count). The van der Waals surface area contributed by atoms with Gasteiger partial charge in [0.1, 0.15) is 11.5 Å². The molecule has 1 aromatic carbocycles. The van der Waals surface area contributed by atoms with E-state index >= 15 is 4.39 Å². The number of hydrogen-bond donors (Lipinski definition) is 3. The number of aryl methyl sites for hydroxylation is 1. The van der Waals surface area contributed by atoms with Gasteiger partial charge < -0.3 is 29.3 Å². The Kier molecular flexibility index (Phi) is 5.53. The molecule has 0 aliphatic carbocycles. The van der Waals surface area contributed by atoms with E-state index in [0.717, 1.165) is 37.6 Å². The first-order valence-corrected chi connectivity index (χ1v) is 11.7. The van der Waals surface area contributed by atoms with E-state index in [1.54, 1.807) is 30.5 Å². The lowest BCUT2D eigenvalue weighted by molar-refractivity contribution is 0.310. The predicted octanol–water partition coefficient (Wildman–Crippen LogP) is 4.68. The van der Waals surface area contributed by atoms with Gasteiger partial charge in [-0.2, -0.15) is 15.1 Å². The summed E-state index contributed by atoms with van der Waals surface area (Å²) >= 11 is 0. The van der Waals surface area contributed by atoms with Gasteiger partial charge >= 0.3 is 0 Å². The van der Waals surface area contributed by atoms with Crippen molar-refractivity contribution in [3.63, 3.8) is 0 Å². The van der Waals surface area contributed by atoms with Crippen LogP contribution in [0.4, 0.5) is 22.0 Å². The Balaban J connectivity index is 1.33. The van der Waals surface area contributed by atoms with Crippen LogP contribution in [0, 0.1) is 12.7 Å². The Bertz CT molecular complexity index is 1500. The van der Waals surface area contributed by atoms with E-state index in [1.165, 1.54) is 0 Å². The highest BCUT2D eigenvalue weighted by Crippen LogP contribution is 2.32. The average Bonchev–Trinajstić information content (AvgIpc) is 3.62. The minimum Gasteiger partial charge on any atom is -0.463 e. The van der Waals surface area contributed by atoms with Crippen molar-refractivity contribution in [1.82, 2.24) is 30.0 Å². The molecule has 0 amide bonds. The van der Waals surface area contributed by atoms with Crippen molar-refractivity contribution in [2.24, 2.45) is 0 Å². The summed E-state index contributed by atoms with van der Waals surface area (Å²) in [5.74, 6) is 2.08. The van der Waals surface area contributed by atoms with Crippen LogP contribution in [0.15, 0.2) is 53.1 Å². The molecule has 0 bridgehead atoms. The van der Waals surface area contributed by atoms with E-state index in [4.69, 9.17) is 14.1 Å². The van der Waals surface area contributed by atoms with E-state index in [2.05, 4.69) is 42.3 Å². The maximum Gasteiger partial charge on any atom is 0.230 e. The van der Waals surface area contributed by atoms with Gasteiger partial charge in [0.05, 0.1) is 6.26 Å². The summed E-state index contributed by atoms with van der Waals surface area (Å²) < 4.78 is 26.6. The number of benzene rings is 1. The Labute approximate surface area is 206 Å². The van der Waals surface area contributed by atoms with Gasteiger partial charge in [0, 0.05) is 54.9 Å². The lowest BCUT2D eigenvalue weighted by Crippen LogP contribution is -2.45. The molecule has 0 radical (unpaired) electrons. The van der Waals surface area contributed by atoms with E-state index in [0.29, 0.717) is 34.2 Å². The number of aromatic nitrogens is 5. The molecule has 184 valence electrons. The first kappa shape index (κ1) is 22.1. The molecule has 0 spiro atoms. The standard InChI is InChI=1S/C25H25FN8O2/c1-15-12-16-17(27-15)5-6-20(24(16)26)36-23-14-21(29-25(30-23)34-9-7-33(2)8-10-34)28-22-13-18(31-32-22)19-4-3-11-35-19/h3-6,11-14,27H,7-10H2,1-2H3,(H2,28,29,30,31,32). The largest absolute Gasteiger partial charge is 0.463 e. The second-order valence-corrected chi connectivity index (χ2v) is 8.84. The molecular formula is C25H25FN8O2. The SMILES string of the molecule is Cc1cc2c(F)c(Oc3cc(Nc4cc(-c5ccco5)[nH]n4)nc(N4CCN(C)CC4)n3)ccc2[nH]1. The molecule has 1 saturated heterocycles. The number of ether oxygens (including phenoxy) is 1. The van der Waals surface area contributed by atoms with Crippen molar-refractivity contribution in [2.75, 3.05) is 43.4 Å². The number of hydrogen-bond acceptors (Lipinski definition) is 8. The fraction of sp³-hybridized carbons (Fsp3) is 0.240. The van der Waals surface area contributed by atoms with Crippen molar-refractivity contribution in [2.45, 2.75) is 6.92 Å². The van der Waals surface area contributed by atoms with Gasteiger partial charge in [-0.1, -0.05) is 0 Å². The van der Waals surface area contributed by atoms with Crippen molar-refractivity contribution in [3.05, 3.63) is 60.2 Å². The van der Waals surface area contributed by atoms with Gasteiger partial charge in [-0.3, -0.25) is 5.10 Å². The lowest BCUT2D eigenvalue weighted by atomic mass is 10.2. The van der Waals surface area contributed by atoms with Crippen LogP contribution in [0.2, 0.25) is 0 Å². The maximum absolute atomic E-state index is 15.2.